The summed E-state index contributed by atoms with van der Waals surface area (Å²) in [6, 6.07) is 0.320. The molecule has 0 amide bonds. The van der Waals surface area contributed by atoms with Gasteiger partial charge in [0.2, 0.25) is 0 Å². The number of aromatic nitrogens is 2. The van der Waals surface area contributed by atoms with Crippen molar-refractivity contribution >= 4 is 5.97 Å². The quantitative estimate of drug-likeness (QED) is 0.767. The molecule has 4 rings (SSSR count). The van der Waals surface area contributed by atoms with Crippen LogP contribution in [0.2, 0.25) is 0 Å². The van der Waals surface area contributed by atoms with E-state index in [1.54, 1.807) is 0 Å². The molecule has 21 heavy (non-hydrogen) atoms. The second-order valence-corrected chi connectivity index (χ2v) is 6.21. The Morgan fingerprint density at radius 1 is 1.43 bits per heavy atom. The Labute approximate surface area is 123 Å². The lowest BCUT2D eigenvalue weighted by Crippen LogP contribution is -2.36. The predicted molar refractivity (Wildman–Crippen MR) is 72.7 cm³/mol. The molecule has 3 aliphatic rings. The first kappa shape index (κ1) is 13.3. The number of carbonyl (C=O) groups excluding carboxylic acids is 1. The van der Waals surface area contributed by atoms with E-state index in [1.807, 2.05) is 4.68 Å². The highest BCUT2D eigenvalue weighted by Gasteiger charge is 2.42. The zero-order valence-corrected chi connectivity index (χ0v) is 12.2. The topological polar surface area (TPSA) is 62.6 Å². The highest BCUT2D eigenvalue weighted by atomic mass is 16.7. The molecule has 2 fully saturated rings. The molecular formula is C15H20N2O4. The number of fused-ring (bicyclic) bond motifs is 1. The Morgan fingerprint density at radius 2 is 2.19 bits per heavy atom. The maximum Gasteiger partial charge on any atom is 0.308 e. The van der Waals surface area contributed by atoms with Crippen LogP contribution in [0.3, 0.4) is 0 Å². The summed E-state index contributed by atoms with van der Waals surface area (Å²) in [5.41, 5.74) is 2.38. The first-order valence-electron chi connectivity index (χ1n) is 7.62. The van der Waals surface area contributed by atoms with Crippen LogP contribution in [0.4, 0.5) is 0 Å². The molecule has 114 valence electrons. The van der Waals surface area contributed by atoms with Gasteiger partial charge in [0.15, 0.2) is 5.79 Å². The SMILES string of the molecule is COC(=O)C1CC(n2cc3c(n2)CCC2(C3)OCCO2)C1. The lowest BCUT2D eigenvalue weighted by Gasteiger charge is -2.33. The number of hydrogen-bond acceptors (Lipinski definition) is 5. The maximum atomic E-state index is 11.5. The molecule has 1 saturated heterocycles. The largest absolute Gasteiger partial charge is 0.469 e. The Balaban J connectivity index is 1.46. The fourth-order valence-corrected chi connectivity index (χ4v) is 3.61. The molecule has 0 radical (unpaired) electrons. The summed E-state index contributed by atoms with van der Waals surface area (Å²) in [5.74, 6) is -0.473. The van der Waals surface area contributed by atoms with Gasteiger partial charge in [0.25, 0.3) is 0 Å². The Morgan fingerprint density at radius 3 is 2.90 bits per heavy atom. The average Bonchev–Trinajstić information content (AvgIpc) is 3.04. The number of hydrogen-bond donors (Lipinski definition) is 0. The molecule has 1 aromatic rings. The van der Waals surface area contributed by atoms with Gasteiger partial charge in [0.1, 0.15) is 0 Å². The van der Waals surface area contributed by atoms with E-state index in [0.717, 1.165) is 37.8 Å². The molecule has 1 saturated carbocycles. The number of nitrogens with zero attached hydrogens (tertiary/aromatic N) is 2. The van der Waals surface area contributed by atoms with Gasteiger partial charge in [-0.1, -0.05) is 0 Å². The van der Waals surface area contributed by atoms with Crippen LogP contribution < -0.4 is 0 Å². The molecule has 0 atom stereocenters. The van der Waals surface area contributed by atoms with E-state index in [9.17, 15) is 4.79 Å². The zero-order chi connectivity index (χ0) is 14.4. The van der Waals surface area contributed by atoms with Crippen LogP contribution in [0.1, 0.15) is 36.6 Å². The third-order valence-electron chi connectivity index (χ3n) is 4.93. The summed E-state index contributed by atoms with van der Waals surface area (Å²) in [4.78, 5) is 11.5. The fourth-order valence-electron chi connectivity index (χ4n) is 3.61. The molecule has 6 nitrogen and oxygen atoms in total. The third kappa shape index (κ3) is 2.17. The zero-order valence-electron chi connectivity index (χ0n) is 12.2. The van der Waals surface area contributed by atoms with Crippen LogP contribution in [0.5, 0.6) is 0 Å². The molecule has 1 spiro atoms. The van der Waals surface area contributed by atoms with Crippen molar-refractivity contribution in [3.63, 3.8) is 0 Å². The number of rotatable bonds is 2. The van der Waals surface area contributed by atoms with E-state index in [1.165, 1.54) is 12.7 Å². The van der Waals surface area contributed by atoms with E-state index in [0.29, 0.717) is 19.3 Å². The molecule has 1 aromatic heterocycles. The minimum absolute atomic E-state index is 0.0362. The first-order chi connectivity index (χ1) is 10.2. The highest BCUT2D eigenvalue weighted by molar-refractivity contribution is 5.73. The van der Waals surface area contributed by atoms with Gasteiger partial charge in [0.05, 0.1) is 38.0 Å². The molecule has 2 heterocycles. The number of ether oxygens (including phenoxy) is 3. The van der Waals surface area contributed by atoms with Crippen molar-refractivity contribution in [1.29, 1.82) is 0 Å². The van der Waals surface area contributed by atoms with Gasteiger partial charge in [0, 0.05) is 19.0 Å². The lowest BCUT2D eigenvalue weighted by molar-refractivity contribution is -0.163. The van der Waals surface area contributed by atoms with E-state index < -0.39 is 5.79 Å². The van der Waals surface area contributed by atoms with Gasteiger partial charge in [-0.15, -0.1) is 0 Å². The highest BCUT2D eigenvalue weighted by Crippen LogP contribution is 2.40. The molecular weight excluding hydrogens is 272 g/mol. The van der Waals surface area contributed by atoms with Crippen molar-refractivity contribution in [2.75, 3.05) is 20.3 Å². The molecule has 2 aliphatic carbocycles. The van der Waals surface area contributed by atoms with Gasteiger partial charge >= 0.3 is 5.97 Å². The summed E-state index contributed by atoms with van der Waals surface area (Å²) < 4.78 is 18.4. The van der Waals surface area contributed by atoms with Crippen LogP contribution in [-0.2, 0) is 31.8 Å². The van der Waals surface area contributed by atoms with Crippen LogP contribution in [0, 0.1) is 5.92 Å². The van der Waals surface area contributed by atoms with Crippen molar-refractivity contribution in [1.82, 2.24) is 9.78 Å². The van der Waals surface area contributed by atoms with Gasteiger partial charge in [-0.2, -0.15) is 5.10 Å². The van der Waals surface area contributed by atoms with Crippen molar-refractivity contribution in [3.05, 3.63) is 17.5 Å². The number of methoxy groups -OCH3 is 1. The number of carbonyl (C=O) groups is 1. The van der Waals surface area contributed by atoms with Crippen molar-refractivity contribution in [3.8, 4) is 0 Å². The maximum absolute atomic E-state index is 11.5. The van der Waals surface area contributed by atoms with Crippen molar-refractivity contribution in [2.45, 2.75) is 43.9 Å². The molecule has 0 N–H and O–H groups in total. The van der Waals surface area contributed by atoms with Gasteiger partial charge < -0.3 is 14.2 Å². The van der Waals surface area contributed by atoms with Crippen molar-refractivity contribution < 1.29 is 19.0 Å². The van der Waals surface area contributed by atoms with Crippen LogP contribution in [0.25, 0.3) is 0 Å². The van der Waals surface area contributed by atoms with Crippen LogP contribution >= 0.6 is 0 Å². The molecule has 0 bridgehead atoms. The summed E-state index contributed by atoms with van der Waals surface area (Å²) in [6.45, 7) is 1.37. The minimum atomic E-state index is -0.408. The standard InChI is InChI=1S/C15H20N2O4/c1-19-14(18)10-6-12(7-10)17-9-11-8-15(20-4-5-21-15)3-2-13(11)16-17/h9-10,12H,2-8H2,1H3. The second-order valence-electron chi connectivity index (χ2n) is 6.21. The van der Waals surface area contributed by atoms with E-state index in [4.69, 9.17) is 19.3 Å². The Kier molecular flexibility index (Phi) is 3.04. The minimum Gasteiger partial charge on any atom is -0.469 e. The predicted octanol–water partition coefficient (Wildman–Crippen LogP) is 1.24. The second kappa shape index (κ2) is 4.81. The van der Waals surface area contributed by atoms with Gasteiger partial charge in [-0.05, 0) is 24.8 Å². The molecule has 1 aliphatic heterocycles. The van der Waals surface area contributed by atoms with Gasteiger partial charge in [-0.25, -0.2) is 0 Å². The van der Waals surface area contributed by atoms with Crippen molar-refractivity contribution in [2.24, 2.45) is 5.92 Å². The van der Waals surface area contributed by atoms with E-state index in [2.05, 4.69) is 6.20 Å². The monoisotopic (exact) mass is 292 g/mol. The molecule has 0 aromatic carbocycles. The lowest BCUT2D eigenvalue weighted by atomic mass is 9.80. The Bertz CT molecular complexity index is 556. The fraction of sp³-hybridized carbons (Fsp3) is 0.733. The van der Waals surface area contributed by atoms with E-state index in [-0.39, 0.29) is 11.9 Å². The number of esters is 1. The van der Waals surface area contributed by atoms with Crippen LogP contribution in [-0.4, -0.2) is 41.9 Å². The summed E-state index contributed by atoms with van der Waals surface area (Å²) in [5, 5.41) is 4.70. The number of aryl methyl sites for hydroxylation is 1. The van der Waals surface area contributed by atoms with Gasteiger partial charge in [-0.3, -0.25) is 9.48 Å². The molecule has 6 heteroatoms. The Hall–Kier alpha value is -1.40. The summed E-state index contributed by atoms with van der Waals surface area (Å²) >= 11 is 0. The third-order valence-corrected chi connectivity index (χ3v) is 4.93. The van der Waals surface area contributed by atoms with E-state index >= 15 is 0 Å². The average molecular weight is 292 g/mol. The normalized spacial score (nSPS) is 30.0. The smallest absolute Gasteiger partial charge is 0.308 e. The summed E-state index contributed by atoms with van der Waals surface area (Å²) in [6.07, 6.45) is 6.33. The molecule has 0 unspecified atom stereocenters. The summed E-state index contributed by atoms with van der Waals surface area (Å²) in [7, 11) is 1.45. The van der Waals surface area contributed by atoms with Crippen LogP contribution in [0.15, 0.2) is 6.20 Å². The first-order valence-corrected chi connectivity index (χ1v) is 7.62.